The second-order valence-electron chi connectivity index (χ2n) is 5.54. The van der Waals surface area contributed by atoms with Crippen molar-refractivity contribution in [2.45, 2.75) is 26.4 Å². The van der Waals surface area contributed by atoms with E-state index in [1.807, 2.05) is 0 Å². The van der Waals surface area contributed by atoms with Crippen LogP contribution >= 0.6 is 0 Å². The van der Waals surface area contributed by atoms with Crippen LogP contribution in [-0.4, -0.2) is 42.9 Å². The number of rotatable bonds is 5. The van der Waals surface area contributed by atoms with E-state index in [0.717, 1.165) is 0 Å². The number of aromatic hydroxyl groups is 1. The number of alkyl carbamates (subject to hydrolysis) is 1. The highest BCUT2D eigenvalue weighted by atomic mass is 16.6. The maximum absolute atomic E-state index is 11.4. The van der Waals surface area contributed by atoms with Crippen LogP contribution in [0.2, 0.25) is 0 Å². The third-order valence-corrected chi connectivity index (χ3v) is 2.48. The van der Waals surface area contributed by atoms with E-state index >= 15 is 0 Å². The average molecular weight is 310 g/mol. The monoisotopic (exact) mass is 310 g/mol. The summed E-state index contributed by atoms with van der Waals surface area (Å²) in [6, 6.07) is 4.35. The Morgan fingerprint density at radius 3 is 2.50 bits per heavy atom. The highest BCUT2D eigenvalue weighted by Gasteiger charge is 2.15. The topological polar surface area (TPSA) is 96.9 Å². The van der Waals surface area contributed by atoms with Crippen LogP contribution in [-0.2, 0) is 4.74 Å². The molecule has 0 heterocycles. The van der Waals surface area contributed by atoms with Crippen molar-refractivity contribution >= 4 is 12.0 Å². The van der Waals surface area contributed by atoms with Crippen molar-refractivity contribution < 1.29 is 24.2 Å². The quantitative estimate of drug-likeness (QED) is 0.719. The van der Waals surface area contributed by atoms with Gasteiger partial charge in [-0.15, -0.1) is 0 Å². The number of ether oxygens (including phenoxy) is 2. The number of phenols is 1. The minimum Gasteiger partial charge on any atom is -0.504 e. The Morgan fingerprint density at radius 1 is 1.27 bits per heavy atom. The molecule has 7 nitrogen and oxygen atoms in total. The summed E-state index contributed by atoms with van der Waals surface area (Å²) in [4.78, 5) is 22.8. The van der Waals surface area contributed by atoms with Crippen LogP contribution in [0, 0.1) is 0 Å². The Bertz CT molecular complexity index is 537. The summed E-state index contributed by atoms with van der Waals surface area (Å²) in [5.41, 5.74) is -0.224. The lowest BCUT2D eigenvalue weighted by atomic mass is 10.2. The first-order valence-electron chi connectivity index (χ1n) is 6.87. The van der Waals surface area contributed by atoms with Crippen LogP contribution in [0.25, 0.3) is 0 Å². The van der Waals surface area contributed by atoms with Crippen molar-refractivity contribution in [2.75, 3.05) is 20.2 Å². The SMILES string of the molecule is CNC(=O)c1ccc(OCCNC(=O)OC(C)(C)C)c(O)c1. The zero-order valence-electron chi connectivity index (χ0n) is 13.2. The molecule has 1 aromatic carbocycles. The number of nitrogens with one attached hydrogen (secondary N) is 2. The van der Waals surface area contributed by atoms with E-state index < -0.39 is 11.7 Å². The molecule has 1 aromatic rings. The van der Waals surface area contributed by atoms with Gasteiger partial charge in [0, 0.05) is 12.6 Å². The molecular weight excluding hydrogens is 288 g/mol. The molecule has 0 aliphatic rings. The molecule has 0 fully saturated rings. The number of hydrogen-bond acceptors (Lipinski definition) is 5. The highest BCUT2D eigenvalue weighted by Crippen LogP contribution is 2.26. The number of phenolic OH excluding ortho intramolecular Hbond substituents is 1. The number of benzene rings is 1. The van der Waals surface area contributed by atoms with Gasteiger partial charge in [-0.25, -0.2) is 4.79 Å². The molecule has 22 heavy (non-hydrogen) atoms. The Morgan fingerprint density at radius 2 is 1.95 bits per heavy atom. The second-order valence-corrected chi connectivity index (χ2v) is 5.54. The number of hydrogen-bond donors (Lipinski definition) is 3. The first kappa shape index (κ1) is 17.6. The molecule has 122 valence electrons. The smallest absolute Gasteiger partial charge is 0.407 e. The third kappa shape index (κ3) is 5.90. The Balaban J connectivity index is 2.43. The van der Waals surface area contributed by atoms with E-state index in [4.69, 9.17) is 9.47 Å². The average Bonchev–Trinajstić information content (AvgIpc) is 2.42. The summed E-state index contributed by atoms with van der Waals surface area (Å²) in [6.07, 6.45) is -0.532. The van der Waals surface area contributed by atoms with Crippen molar-refractivity contribution in [1.82, 2.24) is 10.6 Å². The van der Waals surface area contributed by atoms with E-state index in [-0.39, 0.29) is 30.6 Å². The lowest BCUT2D eigenvalue weighted by molar-refractivity contribution is 0.0520. The van der Waals surface area contributed by atoms with Gasteiger partial charge in [-0.05, 0) is 39.0 Å². The standard InChI is InChI=1S/C15H22N2O5/c1-15(2,3)22-14(20)17-7-8-21-12-6-5-10(9-11(12)18)13(19)16-4/h5-6,9,18H,7-8H2,1-4H3,(H,16,19)(H,17,20). The molecule has 1 rings (SSSR count). The Labute approximate surface area is 129 Å². The van der Waals surface area contributed by atoms with E-state index in [1.165, 1.54) is 25.2 Å². The van der Waals surface area contributed by atoms with Crippen LogP contribution < -0.4 is 15.4 Å². The fraction of sp³-hybridized carbons (Fsp3) is 0.467. The fourth-order valence-corrected chi connectivity index (χ4v) is 1.55. The molecule has 0 bridgehead atoms. The number of carbonyl (C=O) groups is 2. The van der Waals surface area contributed by atoms with Gasteiger partial charge >= 0.3 is 6.09 Å². The number of amides is 2. The van der Waals surface area contributed by atoms with Gasteiger partial charge in [-0.3, -0.25) is 4.79 Å². The lowest BCUT2D eigenvalue weighted by Crippen LogP contribution is -2.34. The molecule has 3 N–H and O–H groups in total. The summed E-state index contributed by atoms with van der Waals surface area (Å²) >= 11 is 0. The molecule has 2 amide bonds. The van der Waals surface area contributed by atoms with Crippen LogP contribution in [0.15, 0.2) is 18.2 Å². The summed E-state index contributed by atoms with van der Waals surface area (Å²) in [7, 11) is 1.51. The van der Waals surface area contributed by atoms with Crippen LogP contribution in [0.1, 0.15) is 31.1 Å². The highest BCUT2D eigenvalue weighted by molar-refractivity contribution is 5.94. The van der Waals surface area contributed by atoms with E-state index in [0.29, 0.717) is 5.56 Å². The van der Waals surface area contributed by atoms with Gasteiger partial charge < -0.3 is 25.2 Å². The normalized spacial score (nSPS) is 10.7. The molecule has 0 saturated heterocycles. The molecule has 0 radical (unpaired) electrons. The van der Waals surface area contributed by atoms with Crippen LogP contribution in [0.5, 0.6) is 11.5 Å². The maximum Gasteiger partial charge on any atom is 0.407 e. The first-order valence-corrected chi connectivity index (χ1v) is 6.87. The van der Waals surface area contributed by atoms with Crippen molar-refractivity contribution in [1.29, 1.82) is 0 Å². The molecule has 0 aromatic heterocycles. The molecule has 7 heteroatoms. The fourth-order valence-electron chi connectivity index (χ4n) is 1.55. The first-order chi connectivity index (χ1) is 10.2. The summed E-state index contributed by atoms with van der Waals surface area (Å²) < 4.78 is 10.4. The maximum atomic E-state index is 11.4. The minimum absolute atomic E-state index is 0.140. The minimum atomic E-state index is -0.557. The second kappa shape index (κ2) is 7.53. The van der Waals surface area contributed by atoms with Crippen molar-refractivity contribution in [3.8, 4) is 11.5 Å². The van der Waals surface area contributed by atoms with Gasteiger partial charge in [-0.1, -0.05) is 0 Å². The van der Waals surface area contributed by atoms with Crippen molar-refractivity contribution in [3.63, 3.8) is 0 Å². The molecule has 0 unspecified atom stereocenters. The zero-order valence-corrected chi connectivity index (χ0v) is 13.2. The van der Waals surface area contributed by atoms with Gasteiger partial charge in [0.05, 0.1) is 6.54 Å². The summed E-state index contributed by atoms with van der Waals surface area (Å²) in [6.45, 7) is 5.71. The Hall–Kier alpha value is -2.44. The van der Waals surface area contributed by atoms with Gasteiger partial charge in [0.1, 0.15) is 12.2 Å². The predicted molar refractivity (Wildman–Crippen MR) is 81.2 cm³/mol. The molecule has 0 spiro atoms. The third-order valence-electron chi connectivity index (χ3n) is 2.48. The molecule has 0 atom stereocenters. The lowest BCUT2D eigenvalue weighted by Gasteiger charge is -2.19. The Kier molecular flexibility index (Phi) is 6.03. The molecular formula is C15H22N2O5. The van der Waals surface area contributed by atoms with Gasteiger partial charge in [0.15, 0.2) is 11.5 Å². The van der Waals surface area contributed by atoms with Crippen molar-refractivity contribution in [2.24, 2.45) is 0 Å². The van der Waals surface area contributed by atoms with Crippen molar-refractivity contribution in [3.05, 3.63) is 23.8 Å². The number of carbonyl (C=O) groups excluding carboxylic acids is 2. The van der Waals surface area contributed by atoms with Crippen LogP contribution in [0.4, 0.5) is 4.79 Å². The summed E-state index contributed by atoms with van der Waals surface area (Å²) in [5, 5.41) is 14.8. The van der Waals surface area contributed by atoms with Gasteiger partial charge in [0.25, 0.3) is 5.91 Å². The van der Waals surface area contributed by atoms with E-state index in [1.54, 1.807) is 20.8 Å². The van der Waals surface area contributed by atoms with E-state index in [9.17, 15) is 14.7 Å². The van der Waals surface area contributed by atoms with E-state index in [2.05, 4.69) is 10.6 Å². The van der Waals surface area contributed by atoms with Gasteiger partial charge in [0.2, 0.25) is 0 Å². The largest absolute Gasteiger partial charge is 0.504 e. The molecule has 0 saturated carbocycles. The zero-order chi connectivity index (χ0) is 16.8. The molecule has 0 aliphatic heterocycles. The molecule has 0 aliphatic carbocycles. The predicted octanol–water partition coefficient (Wildman–Crippen LogP) is 1.66. The van der Waals surface area contributed by atoms with Gasteiger partial charge in [-0.2, -0.15) is 0 Å². The summed E-state index contributed by atoms with van der Waals surface area (Å²) in [5.74, 6) is -0.203. The van der Waals surface area contributed by atoms with Crippen LogP contribution in [0.3, 0.4) is 0 Å².